The highest BCUT2D eigenvalue weighted by Gasteiger charge is 2.55. The van der Waals surface area contributed by atoms with E-state index in [9.17, 15) is 18.4 Å². The monoisotopic (exact) mass is 454 g/mol. The fourth-order valence-corrected chi connectivity index (χ4v) is 4.51. The number of rotatable bonds is 2. The summed E-state index contributed by atoms with van der Waals surface area (Å²) in [5.41, 5.74) is -0.522. The van der Waals surface area contributed by atoms with E-state index < -0.39 is 35.3 Å². The number of anilines is 1. The minimum absolute atomic E-state index is 0.175. The predicted molar refractivity (Wildman–Crippen MR) is 115 cm³/mol. The third kappa shape index (κ3) is 3.12. The molecule has 3 amide bonds. The quantitative estimate of drug-likeness (QED) is 0.481. The van der Waals surface area contributed by atoms with Crippen LogP contribution in [0.2, 0.25) is 5.02 Å². The molecule has 0 unspecified atom stereocenters. The van der Waals surface area contributed by atoms with Crippen LogP contribution in [-0.2, 0) is 0 Å². The van der Waals surface area contributed by atoms with Crippen LogP contribution in [0.25, 0.3) is 0 Å². The number of hydrogen-bond donors (Lipinski definition) is 0. The number of amides is 3. The lowest BCUT2D eigenvalue weighted by molar-refractivity contribution is 0.00225. The third-order valence-corrected chi connectivity index (χ3v) is 6.07. The zero-order valence-corrected chi connectivity index (χ0v) is 17.6. The summed E-state index contributed by atoms with van der Waals surface area (Å²) in [5.74, 6) is -1.77. The summed E-state index contributed by atoms with van der Waals surface area (Å²) in [7, 11) is 0. The van der Waals surface area contributed by atoms with Gasteiger partial charge in [-0.1, -0.05) is 29.8 Å². The van der Waals surface area contributed by atoms with E-state index in [1.165, 1.54) is 18.2 Å². The molecule has 0 N–H and O–H groups in total. The summed E-state index contributed by atoms with van der Waals surface area (Å²) in [6.07, 6.45) is 0.200. The van der Waals surface area contributed by atoms with Crippen LogP contribution in [0.1, 0.15) is 35.3 Å². The first-order valence-electron chi connectivity index (χ1n) is 9.95. The SMILES string of the molecule is C[C@]12C[C@H](c3ccccc3O1)N(C(=O)c1ccc(Cl)cc1)C(=O)N2c1ccc(F)cc1F. The molecule has 2 aliphatic rings. The third-order valence-electron chi connectivity index (χ3n) is 5.82. The van der Waals surface area contributed by atoms with Gasteiger partial charge in [0.2, 0.25) is 0 Å². The average molecular weight is 455 g/mol. The van der Waals surface area contributed by atoms with E-state index in [2.05, 4.69) is 0 Å². The Kier molecular flexibility index (Phi) is 4.67. The maximum absolute atomic E-state index is 14.8. The molecule has 5 nitrogen and oxygen atoms in total. The Hall–Kier alpha value is -3.45. The van der Waals surface area contributed by atoms with Crippen molar-refractivity contribution < 1.29 is 23.1 Å². The zero-order valence-electron chi connectivity index (χ0n) is 16.9. The van der Waals surface area contributed by atoms with Crippen LogP contribution in [0.3, 0.4) is 0 Å². The second kappa shape index (κ2) is 7.31. The molecular weight excluding hydrogens is 438 g/mol. The second-order valence-electron chi connectivity index (χ2n) is 7.93. The number of imide groups is 1. The van der Waals surface area contributed by atoms with Gasteiger partial charge in [-0.3, -0.25) is 14.6 Å². The van der Waals surface area contributed by atoms with Crippen molar-refractivity contribution in [2.45, 2.75) is 25.1 Å². The van der Waals surface area contributed by atoms with Gasteiger partial charge in [-0.15, -0.1) is 0 Å². The van der Waals surface area contributed by atoms with Crippen molar-refractivity contribution in [3.63, 3.8) is 0 Å². The number of hydrogen-bond acceptors (Lipinski definition) is 3. The second-order valence-corrected chi connectivity index (χ2v) is 8.37. The van der Waals surface area contributed by atoms with Gasteiger partial charge in [0, 0.05) is 28.6 Å². The lowest BCUT2D eigenvalue weighted by Crippen LogP contribution is -2.67. The molecule has 2 atom stereocenters. The number of urea groups is 1. The van der Waals surface area contributed by atoms with Crippen molar-refractivity contribution in [1.82, 2.24) is 4.90 Å². The first kappa shape index (κ1) is 20.5. The minimum Gasteiger partial charge on any atom is -0.467 e. The highest BCUT2D eigenvalue weighted by Crippen LogP contribution is 2.50. The van der Waals surface area contributed by atoms with E-state index in [0.29, 0.717) is 22.4 Å². The predicted octanol–water partition coefficient (Wildman–Crippen LogP) is 5.94. The minimum atomic E-state index is -1.29. The lowest BCUT2D eigenvalue weighted by atomic mass is 9.88. The molecule has 162 valence electrons. The largest absolute Gasteiger partial charge is 0.467 e. The summed E-state index contributed by atoms with van der Waals surface area (Å²) in [4.78, 5) is 29.4. The van der Waals surface area contributed by atoms with Crippen LogP contribution in [0.15, 0.2) is 66.7 Å². The number of fused-ring (bicyclic) bond motifs is 4. The maximum Gasteiger partial charge on any atom is 0.335 e. The number of carbonyl (C=O) groups is 2. The molecule has 0 aromatic heterocycles. The number of carbonyl (C=O) groups excluding carboxylic acids is 2. The summed E-state index contributed by atoms with van der Waals surface area (Å²) in [5, 5.41) is 0.450. The Morgan fingerprint density at radius 1 is 1.09 bits per heavy atom. The summed E-state index contributed by atoms with van der Waals surface area (Å²) >= 11 is 5.94. The standard InChI is InChI=1S/C24H17ClF2N2O3/c1-24-13-20(17-4-2-3-5-21(17)32-24)28(22(30)14-6-8-15(25)9-7-14)23(31)29(24)19-11-10-16(26)12-18(19)27/h2-12,20H,13H2,1H3/t20-,24-/m1/s1. The Balaban J connectivity index is 1.68. The molecule has 0 saturated carbocycles. The first-order valence-corrected chi connectivity index (χ1v) is 10.3. The number of benzene rings is 3. The van der Waals surface area contributed by atoms with Gasteiger partial charge in [-0.2, -0.15) is 0 Å². The molecule has 32 heavy (non-hydrogen) atoms. The maximum atomic E-state index is 14.8. The van der Waals surface area contributed by atoms with Crippen molar-refractivity contribution in [2.24, 2.45) is 0 Å². The first-order chi connectivity index (χ1) is 15.3. The molecule has 3 aromatic rings. The molecular formula is C24H17ClF2N2O3. The van der Waals surface area contributed by atoms with E-state index in [0.717, 1.165) is 15.9 Å². The lowest BCUT2D eigenvalue weighted by Gasteiger charge is -2.53. The smallest absolute Gasteiger partial charge is 0.335 e. The van der Waals surface area contributed by atoms with Crippen LogP contribution >= 0.6 is 11.6 Å². The van der Waals surface area contributed by atoms with Crippen molar-refractivity contribution in [2.75, 3.05) is 4.90 Å². The van der Waals surface area contributed by atoms with Crippen molar-refractivity contribution in [1.29, 1.82) is 0 Å². The Labute approximate surface area is 187 Å². The fourth-order valence-electron chi connectivity index (χ4n) is 4.39. The Bertz CT molecular complexity index is 1250. The highest BCUT2D eigenvalue weighted by atomic mass is 35.5. The van der Waals surface area contributed by atoms with Gasteiger partial charge in [0.15, 0.2) is 5.72 Å². The van der Waals surface area contributed by atoms with E-state index in [1.54, 1.807) is 43.3 Å². The molecule has 1 saturated heterocycles. The normalized spacial score (nSPS) is 21.8. The molecule has 3 aromatic carbocycles. The summed E-state index contributed by atoms with van der Waals surface area (Å²) < 4.78 is 34.5. The van der Waals surface area contributed by atoms with Crippen LogP contribution in [0.5, 0.6) is 5.75 Å². The van der Waals surface area contributed by atoms with E-state index in [4.69, 9.17) is 16.3 Å². The Morgan fingerprint density at radius 2 is 1.81 bits per heavy atom. The number of para-hydroxylation sites is 1. The van der Waals surface area contributed by atoms with Crippen LogP contribution < -0.4 is 9.64 Å². The molecule has 2 aliphatic heterocycles. The van der Waals surface area contributed by atoms with Gasteiger partial charge >= 0.3 is 6.03 Å². The van der Waals surface area contributed by atoms with Gasteiger partial charge in [0.1, 0.15) is 17.4 Å². The molecule has 2 heterocycles. The van der Waals surface area contributed by atoms with Gasteiger partial charge in [-0.25, -0.2) is 13.6 Å². The van der Waals surface area contributed by atoms with E-state index in [1.807, 2.05) is 0 Å². The van der Waals surface area contributed by atoms with Crippen LogP contribution in [0, 0.1) is 11.6 Å². The highest BCUT2D eigenvalue weighted by molar-refractivity contribution is 6.30. The van der Waals surface area contributed by atoms with Gasteiger partial charge in [-0.05, 0) is 49.4 Å². The van der Waals surface area contributed by atoms with Gasteiger partial charge in [0.25, 0.3) is 5.91 Å². The number of ether oxygens (including phenoxy) is 1. The molecule has 1 fully saturated rings. The Morgan fingerprint density at radius 3 is 2.53 bits per heavy atom. The van der Waals surface area contributed by atoms with Crippen molar-refractivity contribution in [3.05, 3.63) is 94.5 Å². The van der Waals surface area contributed by atoms with E-state index in [-0.39, 0.29) is 17.7 Å². The van der Waals surface area contributed by atoms with E-state index >= 15 is 0 Å². The van der Waals surface area contributed by atoms with Crippen LogP contribution in [-0.4, -0.2) is 22.6 Å². The molecule has 0 radical (unpaired) electrons. The van der Waals surface area contributed by atoms with Crippen molar-refractivity contribution >= 4 is 29.2 Å². The van der Waals surface area contributed by atoms with Gasteiger partial charge in [0.05, 0.1) is 11.7 Å². The van der Waals surface area contributed by atoms with Crippen LogP contribution in [0.4, 0.5) is 19.3 Å². The average Bonchev–Trinajstić information content (AvgIpc) is 2.75. The topological polar surface area (TPSA) is 49.9 Å². The molecule has 2 bridgehead atoms. The molecule has 0 spiro atoms. The number of nitrogens with zero attached hydrogens (tertiary/aromatic N) is 2. The summed E-state index contributed by atoms with van der Waals surface area (Å²) in [6.45, 7) is 1.65. The molecule has 5 rings (SSSR count). The fraction of sp³-hybridized carbons (Fsp3) is 0.167. The number of halogens is 3. The van der Waals surface area contributed by atoms with Gasteiger partial charge < -0.3 is 4.74 Å². The molecule has 0 aliphatic carbocycles. The zero-order chi connectivity index (χ0) is 22.6. The molecule has 8 heteroatoms. The van der Waals surface area contributed by atoms with Crippen molar-refractivity contribution in [3.8, 4) is 5.75 Å². The summed E-state index contributed by atoms with van der Waals surface area (Å²) in [6, 6.07) is 14.8.